The number of carbonyl (C=O) groups excluding carboxylic acids is 1. The van der Waals surface area contributed by atoms with Crippen molar-refractivity contribution in [3.05, 3.63) is 99.3 Å². The first-order chi connectivity index (χ1) is 16.5. The zero-order valence-corrected chi connectivity index (χ0v) is 20.2. The molecule has 1 heterocycles. The lowest BCUT2D eigenvalue weighted by molar-refractivity contribution is 0.0730. The first-order valence-electron chi connectivity index (χ1n) is 10.9. The molecule has 0 bridgehead atoms. The smallest absolute Gasteiger partial charge is 0.347 e. The average molecular weight is 519 g/mol. The van der Waals surface area contributed by atoms with Crippen molar-refractivity contribution in [3.8, 4) is 23.3 Å². The summed E-state index contributed by atoms with van der Waals surface area (Å²) >= 11 is 3.48. The van der Waals surface area contributed by atoms with E-state index in [2.05, 4.69) is 28.9 Å². The Morgan fingerprint density at radius 2 is 1.97 bits per heavy atom. The van der Waals surface area contributed by atoms with Crippen LogP contribution in [0.5, 0.6) is 17.2 Å². The summed E-state index contributed by atoms with van der Waals surface area (Å²) in [5.74, 6) is 0.303. The Kier molecular flexibility index (Phi) is 7.19. The monoisotopic (exact) mass is 518 g/mol. The van der Waals surface area contributed by atoms with Crippen molar-refractivity contribution in [2.24, 2.45) is 5.73 Å². The molecule has 0 saturated heterocycles. The predicted molar refractivity (Wildman–Crippen MR) is 132 cm³/mol. The van der Waals surface area contributed by atoms with E-state index in [0.717, 1.165) is 28.4 Å². The zero-order chi connectivity index (χ0) is 24.1. The van der Waals surface area contributed by atoms with E-state index in [1.54, 1.807) is 36.4 Å². The van der Waals surface area contributed by atoms with Crippen LogP contribution in [0.2, 0.25) is 0 Å². The van der Waals surface area contributed by atoms with E-state index in [1.165, 1.54) is 0 Å². The molecule has 1 aliphatic heterocycles. The van der Waals surface area contributed by atoms with E-state index in [-0.39, 0.29) is 5.88 Å². The van der Waals surface area contributed by atoms with Crippen LogP contribution in [0.1, 0.15) is 47.2 Å². The number of benzene rings is 3. The molecule has 0 aromatic heterocycles. The number of rotatable bonds is 7. The number of allylic oxidation sites excluding steroid dienone is 1. The molecule has 1 unspecified atom stereocenters. The fourth-order valence-electron chi connectivity index (χ4n) is 3.78. The third-order valence-corrected chi connectivity index (χ3v) is 5.94. The molecule has 7 heteroatoms. The third kappa shape index (κ3) is 4.92. The normalized spacial score (nSPS) is 14.6. The highest BCUT2D eigenvalue weighted by molar-refractivity contribution is 9.10. The quantitative estimate of drug-likeness (QED) is 0.232. The number of ether oxygens (including phenoxy) is 3. The summed E-state index contributed by atoms with van der Waals surface area (Å²) in [6.45, 7) is 2.60. The summed E-state index contributed by atoms with van der Waals surface area (Å²) in [4.78, 5) is 12.9. The molecule has 0 saturated carbocycles. The van der Waals surface area contributed by atoms with Gasteiger partial charge in [-0.25, -0.2) is 4.79 Å². The highest BCUT2D eigenvalue weighted by Crippen LogP contribution is 2.43. The van der Waals surface area contributed by atoms with Crippen molar-refractivity contribution >= 4 is 21.9 Å². The Labute approximate surface area is 206 Å². The number of unbranched alkanes of at least 4 members (excludes halogenated alkanes) is 1. The van der Waals surface area contributed by atoms with Crippen LogP contribution in [0.15, 0.2) is 82.7 Å². The van der Waals surface area contributed by atoms with Crippen LogP contribution in [-0.2, 0) is 0 Å². The molecular weight excluding hydrogens is 496 g/mol. The van der Waals surface area contributed by atoms with Crippen molar-refractivity contribution in [2.45, 2.75) is 25.7 Å². The Morgan fingerprint density at radius 3 is 2.74 bits per heavy atom. The minimum Gasteiger partial charge on any atom is -0.493 e. The largest absolute Gasteiger partial charge is 0.493 e. The van der Waals surface area contributed by atoms with E-state index in [0.29, 0.717) is 35.0 Å². The van der Waals surface area contributed by atoms with Crippen LogP contribution >= 0.6 is 15.9 Å². The maximum atomic E-state index is 12.9. The van der Waals surface area contributed by atoms with Crippen LogP contribution in [0.25, 0.3) is 0 Å². The predicted octanol–water partition coefficient (Wildman–Crippen LogP) is 6.07. The zero-order valence-electron chi connectivity index (χ0n) is 18.6. The van der Waals surface area contributed by atoms with Crippen LogP contribution in [-0.4, -0.2) is 12.6 Å². The molecule has 0 amide bonds. The van der Waals surface area contributed by atoms with Crippen molar-refractivity contribution in [1.29, 1.82) is 5.26 Å². The first-order valence-corrected chi connectivity index (χ1v) is 11.7. The SMILES string of the molecule is CCCCOc1ccccc1C(=O)Oc1ccc2c(c1)OC(N)=C(C#N)C2c1cccc(Br)c1. The van der Waals surface area contributed by atoms with Crippen LogP contribution in [0.3, 0.4) is 0 Å². The molecule has 0 aliphatic carbocycles. The maximum absolute atomic E-state index is 12.9. The van der Waals surface area contributed by atoms with E-state index in [1.807, 2.05) is 30.3 Å². The van der Waals surface area contributed by atoms with Gasteiger partial charge in [0.25, 0.3) is 0 Å². The molecule has 0 spiro atoms. The van der Waals surface area contributed by atoms with Gasteiger partial charge in [-0.2, -0.15) is 5.26 Å². The molecule has 3 aromatic carbocycles. The Hall–Kier alpha value is -3.76. The van der Waals surface area contributed by atoms with Crippen molar-refractivity contribution in [3.63, 3.8) is 0 Å². The van der Waals surface area contributed by atoms with Crippen molar-refractivity contribution < 1.29 is 19.0 Å². The lowest BCUT2D eigenvalue weighted by Gasteiger charge is -2.26. The number of halogens is 1. The van der Waals surface area contributed by atoms with Gasteiger partial charge in [0.1, 0.15) is 34.5 Å². The fraction of sp³-hybridized carbons (Fsp3) is 0.185. The van der Waals surface area contributed by atoms with Gasteiger partial charge in [0, 0.05) is 16.1 Å². The topological polar surface area (TPSA) is 94.6 Å². The van der Waals surface area contributed by atoms with Gasteiger partial charge in [0.05, 0.1) is 12.5 Å². The molecule has 0 fully saturated rings. The minimum atomic E-state index is -0.535. The highest BCUT2D eigenvalue weighted by atomic mass is 79.9. The standard InChI is InChI=1S/C27H23BrN2O4/c1-2-3-13-32-23-10-5-4-9-21(23)27(31)33-19-11-12-20-24(15-19)34-26(30)22(16-29)25(20)17-7-6-8-18(28)14-17/h4-12,14-15,25H,2-3,13,30H2,1H3. The van der Waals surface area contributed by atoms with Gasteiger partial charge in [-0.15, -0.1) is 0 Å². The van der Waals surface area contributed by atoms with Gasteiger partial charge in [-0.3, -0.25) is 0 Å². The number of nitrogens with two attached hydrogens (primary N) is 1. The van der Waals surface area contributed by atoms with Crippen LogP contribution in [0.4, 0.5) is 0 Å². The molecule has 34 heavy (non-hydrogen) atoms. The summed E-state index contributed by atoms with van der Waals surface area (Å²) in [6.07, 6.45) is 1.89. The Morgan fingerprint density at radius 1 is 1.15 bits per heavy atom. The summed E-state index contributed by atoms with van der Waals surface area (Å²) < 4.78 is 18.0. The molecule has 0 radical (unpaired) electrons. The second-order valence-electron chi connectivity index (χ2n) is 7.77. The number of hydrogen-bond acceptors (Lipinski definition) is 6. The summed E-state index contributed by atoms with van der Waals surface area (Å²) in [5.41, 5.74) is 8.41. The van der Waals surface area contributed by atoms with Gasteiger partial charge in [0.2, 0.25) is 5.88 Å². The summed E-state index contributed by atoms with van der Waals surface area (Å²) in [6, 6.07) is 21.9. The van der Waals surface area contributed by atoms with Gasteiger partial charge >= 0.3 is 5.97 Å². The molecule has 1 aliphatic rings. The second kappa shape index (κ2) is 10.4. The van der Waals surface area contributed by atoms with Gasteiger partial charge < -0.3 is 19.9 Å². The summed E-state index contributed by atoms with van der Waals surface area (Å²) in [5, 5.41) is 9.73. The average Bonchev–Trinajstić information content (AvgIpc) is 2.83. The third-order valence-electron chi connectivity index (χ3n) is 5.45. The van der Waals surface area contributed by atoms with E-state index in [9.17, 15) is 10.1 Å². The number of carbonyl (C=O) groups is 1. The van der Waals surface area contributed by atoms with Gasteiger partial charge in [-0.05, 0) is 42.3 Å². The molecular formula is C27H23BrN2O4. The van der Waals surface area contributed by atoms with Crippen molar-refractivity contribution in [2.75, 3.05) is 6.61 Å². The number of hydrogen-bond donors (Lipinski definition) is 1. The number of para-hydroxylation sites is 1. The Bertz CT molecular complexity index is 1300. The highest BCUT2D eigenvalue weighted by Gasteiger charge is 2.31. The number of esters is 1. The molecule has 6 nitrogen and oxygen atoms in total. The molecule has 3 aromatic rings. The molecule has 2 N–H and O–H groups in total. The lowest BCUT2D eigenvalue weighted by atomic mass is 9.83. The summed E-state index contributed by atoms with van der Waals surface area (Å²) in [7, 11) is 0. The second-order valence-corrected chi connectivity index (χ2v) is 8.68. The van der Waals surface area contributed by atoms with Crippen molar-refractivity contribution in [1.82, 2.24) is 0 Å². The van der Waals surface area contributed by atoms with Crippen LogP contribution in [0, 0.1) is 11.3 Å². The van der Waals surface area contributed by atoms with Gasteiger partial charge in [-0.1, -0.05) is 59.6 Å². The van der Waals surface area contributed by atoms with E-state index >= 15 is 0 Å². The first kappa shape index (κ1) is 23.4. The van der Waals surface area contributed by atoms with E-state index < -0.39 is 11.9 Å². The molecule has 172 valence electrons. The lowest BCUT2D eigenvalue weighted by Crippen LogP contribution is -2.21. The van der Waals surface area contributed by atoms with Crippen LogP contribution < -0.4 is 19.9 Å². The fourth-order valence-corrected chi connectivity index (χ4v) is 4.19. The Balaban J connectivity index is 1.63. The number of nitrogens with zero attached hydrogens (tertiary/aromatic N) is 1. The maximum Gasteiger partial charge on any atom is 0.347 e. The van der Waals surface area contributed by atoms with Gasteiger partial charge in [0.15, 0.2) is 0 Å². The number of fused-ring (bicyclic) bond motifs is 1. The van der Waals surface area contributed by atoms with E-state index in [4.69, 9.17) is 19.9 Å². The minimum absolute atomic E-state index is 0.0260. The molecule has 1 atom stereocenters. The molecule has 4 rings (SSSR count). The number of nitriles is 1.